The summed E-state index contributed by atoms with van der Waals surface area (Å²) in [4.78, 5) is 16.2. The molecule has 0 saturated carbocycles. The molecule has 0 unspecified atom stereocenters. The zero-order chi connectivity index (χ0) is 15.8. The van der Waals surface area contributed by atoms with Crippen molar-refractivity contribution in [3.05, 3.63) is 35.4 Å². The number of hydrogen-bond donors (Lipinski definition) is 1. The minimum absolute atomic E-state index is 0.191. The Bertz CT molecular complexity index is 473. The molecule has 0 aromatic heterocycles. The molecule has 1 aromatic rings. The van der Waals surface area contributed by atoms with Crippen molar-refractivity contribution in [3.8, 4) is 0 Å². The van der Waals surface area contributed by atoms with E-state index in [1.54, 1.807) is 0 Å². The Hall–Kier alpha value is -1.43. The zero-order valence-corrected chi connectivity index (χ0v) is 13.7. The fraction of sp³-hybridized carbons (Fsp3) is 0.588. The van der Waals surface area contributed by atoms with Crippen LogP contribution in [0.2, 0.25) is 0 Å². The monoisotopic (exact) mass is 305 g/mol. The second kappa shape index (κ2) is 8.88. The average molecular weight is 305 g/mol. The van der Waals surface area contributed by atoms with Gasteiger partial charge >= 0.3 is 5.97 Å². The smallest absolute Gasteiger partial charge is 0.309 e. The van der Waals surface area contributed by atoms with E-state index in [-0.39, 0.29) is 5.97 Å². The Labute approximate surface area is 133 Å². The van der Waals surface area contributed by atoms with Gasteiger partial charge in [-0.25, -0.2) is 0 Å². The third-order valence-electron chi connectivity index (χ3n) is 4.03. The second-order valence-corrected chi connectivity index (χ2v) is 5.90. The molecular formula is C17H27N3O2. The van der Waals surface area contributed by atoms with Crippen LogP contribution in [0.4, 0.5) is 0 Å². The van der Waals surface area contributed by atoms with Crippen LogP contribution in [-0.4, -0.2) is 69.2 Å². The lowest BCUT2D eigenvalue weighted by Crippen LogP contribution is -2.45. The summed E-state index contributed by atoms with van der Waals surface area (Å²) in [7, 11) is 3.57. The van der Waals surface area contributed by atoms with E-state index in [2.05, 4.69) is 34.3 Å². The predicted octanol–water partition coefficient (Wildman–Crippen LogP) is 0.739. The van der Waals surface area contributed by atoms with Crippen LogP contribution < -0.4 is 5.32 Å². The molecule has 5 heteroatoms. The van der Waals surface area contributed by atoms with Crippen molar-refractivity contribution < 1.29 is 9.53 Å². The molecule has 1 heterocycles. The number of hydrogen-bond acceptors (Lipinski definition) is 5. The van der Waals surface area contributed by atoms with Gasteiger partial charge in [-0.3, -0.25) is 9.69 Å². The van der Waals surface area contributed by atoms with E-state index in [0.29, 0.717) is 6.42 Å². The largest absolute Gasteiger partial charge is 0.469 e. The maximum atomic E-state index is 11.3. The number of nitrogens with zero attached hydrogens (tertiary/aromatic N) is 2. The molecular weight excluding hydrogens is 278 g/mol. The number of carbonyl (C=O) groups excluding carboxylic acids is 1. The van der Waals surface area contributed by atoms with Gasteiger partial charge < -0.3 is 15.0 Å². The number of nitrogens with one attached hydrogen (secondary N) is 1. The molecule has 1 fully saturated rings. The normalized spacial score (nSPS) is 16.0. The van der Waals surface area contributed by atoms with Crippen LogP contribution >= 0.6 is 0 Å². The quantitative estimate of drug-likeness (QED) is 0.753. The summed E-state index contributed by atoms with van der Waals surface area (Å²) in [5.74, 6) is -0.191. The summed E-state index contributed by atoms with van der Waals surface area (Å²) in [6.07, 6.45) is 0.342. The minimum atomic E-state index is -0.191. The molecule has 0 amide bonds. The van der Waals surface area contributed by atoms with Gasteiger partial charge in [-0.05, 0) is 18.2 Å². The first-order valence-corrected chi connectivity index (χ1v) is 7.93. The lowest BCUT2D eigenvalue weighted by molar-refractivity contribution is -0.139. The molecule has 0 atom stereocenters. The number of benzene rings is 1. The zero-order valence-electron chi connectivity index (χ0n) is 13.7. The van der Waals surface area contributed by atoms with Gasteiger partial charge in [0.05, 0.1) is 13.5 Å². The first-order valence-electron chi connectivity index (χ1n) is 7.93. The minimum Gasteiger partial charge on any atom is -0.469 e. The van der Waals surface area contributed by atoms with Crippen molar-refractivity contribution in [2.24, 2.45) is 0 Å². The van der Waals surface area contributed by atoms with Crippen molar-refractivity contribution in [2.75, 3.05) is 53.4 Å². The summed E-state index contributed by atoms with van der Waals surface area (Å²) in [6, 6.07) is 8.19. The Balaban J connectivity index is 1.79. The maximum Gasteiger partial charge on any atom is 0.309 e. The molecule has 1 saturated heterocycles. The van der Waals surface area contributed by atoms with Gasteiger partial charge in [0.1, 0.15) is 0 Å². The highest BCUT2D eigenvalue weighted by molar-refractivity contribution is 5.72. The second-order valence-electron chi connectivity index (χ2n) is 5.90. The van der Waals surface area contributed by atoms with Crippen LogP contribution in [0, 0.1) is 0 Å². The van der Waals surface area contributed by atoms with Crippen LogP contribution in [0.15, 0.2) is 24.3 Å². The molecule has 5 nitrogen and oxygen atoms in total. The van der Waals surface area contributed by atoms with E-state index in [1.165, 1.54) is 12.7 Å². The van der Waals surface area contributed by atoms with E-state index >= 15 is 0 Å². The molecule has 1 aliphatic rings. The summed E-state index contributed by atoms with van der Waals surface area (Å²) in [5, 5.41) is 3.38. The molecule has 0 radical (unpaired) electrons. The lowest BCUT2D eigenvalue weighted by Gasteiger charge is -2.29. The molecule has 0 bridgehead atoms. The topological polar surface area (TPSA) is 44.8 Å². The number of methoxy groups -OCH3 is 1. The number of rotatable bonds is 7. The standard InChI is InChI=1S/C17H27N3O2/c1-19(10-11-20-8-6-18-7-9-20)14-16-5-3-4-15(12-16)13-17(21)22-2/h3-5,12,18H,6-11,13-14H2,1-2H3. The SMILES string of the molecule is COC(=O)Cc1cccc(CN(C)CCN2CCNCC2)c1. The predicted molar refractivity (Wildman–Crippen MR) is 87.8 cm³/mol. The number of piperazine rings is 1. The molecule has 1 aliphatic heterocycles. The van der Waals surface area contributed by atoms with E-state index in [4.69, 9.17) is 4.74 Å². The molecule has 1 N–H and O–H groups in total. The van der Waals surface area contributed by atoms with Crippen molar-refractivity contribution in [3.63, 3.8) is 0 Å². The average Bonchev–Trinajstić information content (AvgIpc) is 2.54. The van der Waals surface area contributed by atoms with E-state index in [1.807, 2.05) is 12.1 Å². The molecule has 22 heavy (non-hydrogen) atoms. The third-order valence-corrected chi connectivity index (χ3v) is 4.03. The van der Waals surface area contributed by atoms with Crippen molar-refractivity contribution >= 4 is 5.97 Å². The lowest BCUT2D eigenvalue weighted by atomic mass is 10.1. The number of ether oxygens (including phenoxy) is 1. The number of carbonyl (C=O) groups is 1. The molecule has 0 aliphatic carbocycles. The van der Waals surface area contributed by atoms with Crippen molar-refractivity contribution in [1.29, 1.82) is 0 Å². The fourth-order valence-electron chi connectivity index (χ4n) is 2.71. The van der Waals surface area contributed by atoms with Crippen LogP contribution in [0.1, 0.15) is 11.1 Å². The summed E-state index contributed by atoms with van der Waals surface area (Å²) in [5.41, 5.74) is 2.25. The fourth-order valence-corrected chi connectivity index (χ4v) is 2.71. The number of esters is 1. The van der Waals surface area contributed by atoms with Gasteiger partial charge in [-0.2, -0.15) is 0 Å². The maximum absolute atomic E-state index is 11.3. The Kier molecular flexibility index (Phi) is 6.83. The highest BCUT2D eigenvalue weighted by Crippen LogP contribution is 2.09. The summed E-state index contributed by atoms with van der Waals surface area (Å²) >= 11 is 0. The highest BCUT2D eigenvalue weighted by Gasteiger charge is 2.10. The van der Waals surface area contributed by atoms with Gasteiger partial charge in [-0.1, -0.05) is 24.3 Å². The molecule has 2 rings (SSSR count). The van der Waals surface area contributed by atoms with E-state index in [0.717, 1.165) is 51.4 Å². The highest BCUT2D eigenvalue weighted by atomic mass is 16.5. The van der Waals surface area contributed by atoms with Crippen LogP contribution in [-0.2, 0) is 22.5 Å². The molecule has 1 aromatic carbocycles. The third kappa shape index (κ3) is 5.75. The van der Waals surface area contributed by atoms with Gasteiger partial charge in [0.25, 0.3) is 0 Å². The van der Waals surface area contributed by atoms with Crippen LogP contribution in [0.25, 0.3) is 0 Å². The molecule has 122 valence electrons. The Morgan fingerprint density at radius 1 is 1.32 bits per heavy atom. The molecule has 0 spiro atoms. The summed E-state index contributed by atoms with van der Waals surface area (Å²) < 4.78 is 4.72. The van der Waals surface area contributed by atoms with Gasteiger partial charge in [-0.15, -0.1) is 0 Å². The van der Waals surface area contributed by atoms with Gasteiger partial charge in [0, 0.05) is 45.8 Å². The first-order chi connectivity index (χ1) is 10.7. The van der Waals surface area contributed by atoms with Crippen molar-refractivity contribution in [1.82, 2.24) is 15.1 Å². The van der Waals surface area contributed by atoms with E-state index < -0.39 is 0 Å². The van der Waals surface area contributed by atoms with Crippen molar-refractivity contribution in [2.45, 2.75) is 13.0 Å². The summed E-state index contributed by atoms with van der Waals surface area (Å²) in [6.45, 7) is 7.55. The van der Waals surface area contributed by atoms with Crippen LogP contribution in [0.5, 0.6) is 0 Å². The van der Waals surface area contributed by atoms with E-state index in [9.17, 15) is 4.79 Å². The Morgan fingerprint density at radius 2 is 2.05 bits per heavy atom. The van der Waals surface area contributed by atoms with Gasteiger partial charge in [0.15, 0.2) is 0 Å². The first kappa shape index (κ1) is 16.9. The van der Waals surface area contributed by atoms with Crippen LogP contribution in [0.3, 0.4) is 0 Å². The number of likely N-dealkylation sites (N-methyl/N-ethyl adjacent to an activating group) is 1. The van der Waals surface area contributed by atoms with Gasteiger partial charge in [0.2, 0.25) is 0 Å². The Morgan fingerprint density at radius 3 is 2.77 bits per heavy atom.